The molecule has 1 fully saturated rings. The third-order valence-electron chi connectivity index (χ3n) is 4.34. The summed E-state index contributed by atoms with van der Waals surface area (Å²) in [5.41, 5.74) is 1.02. The van der Waals surface area contributed by atoms with Crippen molar-refractivity contribution in [2.45, 2.75) is 13.0 Å². The molecule has 154 valence electrons. The summed E-state index contributed by atoms with van der Waals surface area (Å²) in [6, 6.07) is 4.68. The molecule has 1 aromatic carbocycles. The van der Waals surface area contributed by atoms with Crippen LogP contribution in [0, 0.1) is 5.82 Å². The highest BCUT2D eigenvalue weighted by molar-refractivity contribution is 7.90. The lowest BCUT2D eigenvalue weighted by Gasteiger charge is -2.29. The van der Waals surface area contributed by atoms with Crippen molar-refractivity contribution in [1.29, 1.82) is 0 Å². The lowest BCUT2D eigenvalue weighted by molar-refractivity contribution is 0.519. The first-order valence-corrected chi connectivity index (χ1v) is 12.0. The van der Waals surface area contributed by atoms with E-state index in [2.05, 4.69) is 10.0 Å². The Balaban J connectivity index is 1.88. The zero-order valence-corrected chi connectivity index (χ0v) is 17.2. The van der Waals surface area contributed by atoms with Gasteiger partial charge in [-0.25, -0.2) is 30.3 Å². The van der Waals surface area contributed by atoms with Crippen LogP contribution in [-0.4, -0.2) is 72.9 Å². The average Bonchev–Trinajstić information content (AvgIpc) is 2.60. The standard InChI is InChI=1S/C16H27FN4O4S2/c1-20(2)27(24,25)11-3-10-26(22,23)19-13-14-4-5-16(15(17)12-14)21-8-6-18-7-9-21/h4-5,12,18-19H,3,6-11,13H2,1-2H3. The van der Waals surface area contributed by atoms with Crippen LogP contribution in [0.2, 0.25) is 0 Å². The second-order valence-electron chi connectivity index (χ2n) is 6.61. The maximum atomic E-state index is 14.4. The van der Waals surface area contributed by atoms with Crippen LogP contribution in [0.15, 0.2) is 18.2 Å². The zero-order valence-electron chi connectivity index (χ0n) is 15.6. The van der Waals surface area contributed by atoms with Gasteiger partial charge in [-0.2, -0.15) is 0 Å². The van der Waals surface area contributed by atoms with Crippen molar-refractivity contribution >= 4 is 25.7 Å². The normalized spacial score (nSPS) is 16.1. The summed E-state index contributed by atoms with van der Waals surface area (Å²) in [5, 5.41) is 3.20. The topological polar surface area (TPSA) is 98.8 Å². The molecule has 11 heteroatoms. The number of hydrogen-bond donors (Lipinski definition) is 2. The van der Waals surface area contributed by atoms with Gasteiger partial charge in [-0.3, -0.25) is 0 Å². The van der Waals surface area contributed by atoms with Crippen LogP contribution in [-0.2, 0) is 26.6 Å². The Morgan fingerprint density at radius 1 is 1.15 bits per heavy atom. The summed E-state index contributed by atoms with van der Waals surface area (Å²) in [5.74, 6) is -0.929. The van der Waals surface area contributed by atoms with Gasteiger partial charge in [0.05, 0.1) is 17.2 Å². The van der Waals surface area contributed by atoms with Gasteiger partial charge < -0.3 is 10.2 Å². The van der Waals surface area contributed by atoms with E-state index in [0.717, 1.165) is 30.5 Å². The molecular formula is C16H27FN4O4S2. The molecule has 0 spiro atoms. The Kier molecular flexibility index (Phi) is 7.57. The van der Waals surface area contributed by atoms with E-state index >= 15 is 0 Å². The predicted octanol–water partition coefficient (Wildman–Crippen LogP) is -0.0638. The lowest BCUT2D eigenvalue weighted by atomic mass is 10.1. The fourth-order valence-corrected chi connectivity index (χ4v) is 4.81. The van der Waals surface area contributed by atoms with Crippen molar-refractivity contribution in [3.05, 3.63) is 29.6 Å². The quantitative estimate of drug-likeness (QED) is 0.578. The average molecular weight is 423 g/mol. The summed E-state index contributed by atoms with van der Waals surface area (Å²) in [6.07, 6.45) is -0.00780. The maximum absolute atomic E-state index is 14.4. The number of nitrogens with zero attached hydrogens (tertiary/aromatic N) is 2. The Morgan fingerprint density at radius 2 is 1.81 bits per heavy atom. The first-order valence-electron chi connectivity index (χ1n) is 8.72. The van der Waals surface area contributed by atoms with E-state index in [1.165, 1.54) is 20.2 Å². The minimum absolute atomic E-state index is 0.00780. The molecule has 0 aromatic heterocycles. The Morgan fingerprint density at radius 3 is 2.41 bits per heavy atom. The molecular weight excluding hydrogens is 395 g/mol. The maximum Gasteiger partial charge on any atom is 0.213 e. The molecule has 1 aliphatic rings. The SMILES string of the molecule is CN(C)S(=O)(=O)CCCS(=O)(=O)NCc1ccc(N2CCNCC2)c(F)c1. The monoisotopic (exact) mass is 422 g/mol. The highest BCUT2D eigenvalue weighted by Gasteiger charge is 2.18. The summed E-state index contributed by atoms with van der Waals surface area (Å²) in [4.78, 5) is 1.95. The summed E-state index contributed by atoms with van der Waals surface area (Å²) in [6.45, 7) is 2.99. The number of sulfonamides is 2. The van der Waals surface area contributed by atoms with Crippen LogP contribution in [0.3, 0.4) is 0 Å². The number of piperazine rings is 1. The first kappa shape index (κ1) is 22.0. The van der Waals surface area contributed by atoms with Gasteiger partial charge in [0.25, 0.3) is 0 Å². The van der Waals surface area contributed by atoms with E-state index in [-0.39, 0.29) is 30.3 Å². The molecule has 0 saturated carbocycles. The summed E-state index contributed by atoms with van der Waals surface area (Å²) in [7, 11) is -4.26. The molecule has 1 heterocycles. The molecule has 0 atom stereocenters. The predicted molar refractivity (Wildman–Crippen MR) is 104 cm³/mol. The molecule has 8 nitrogen and oxygen atoms in total. The Labute approximate surface area is 160 Å². The molecule has 1 aromatic rings. The minimum Gasteiger partial charge on any atom is -0.367 e. The van der Waals surface area contributed by atoms with Crippen molar-refractivity contribution in [3.63, 3.8) is 0 Å². The van der Waals surface area contributed by atoms with Gasteiger partial charge in [-0.1, -0.05) is 6.07 Å². The number of anilines is 1. The third kappa shape index (κ3) is 6.68. The molecule has 1 aliphatic heterocycles. The van der Waals surface area contributed by atoms with Crippen molar-refractivity contribution in [2.75, 3.05) is 56.7 Å². The van der Waals surface area contributed by atoms with Crippen molar-refractivity contribution in [2.24, 2.45) is 0 Å². The second kappa shape index (κ2) is 9.28. The first-order chi connectivity index (χ1) is 12.6. The van der Waals surface area contributed by atoms with Crippen molar-refractivity contribution < 1.29 is 21.2 Å². The Bertz CT molecular complexity index is 838. The highest BCUT2D eigenvalue weighted by Crippen LogP contribution is 2.21. The largest absolute Gasteiger partial charge is 0.367 e. The molecule has 2 N–H and O–H groups in total. The van der Waals surface area contributed by atoms with Crippen LogP contribution >= 0.6 is 0 Å². The fraction of sp³-hybridized carbons (Fsp3) is 0.625. The van der Waals surface area contributed by atoms with E-state index in [4.69, 9.17) is 0 Å². The number of nitrogens with one attached hydrogen (secondary N) is 2. The van der Waals surface area contributed by atoms with Gasteiger partial charge in [0.1, 0.15) is 5.82 Å². The third-order valence-corrected chi connectivity index (χ3v) is 7.67. The molecule has 27 heavy (non-hydrogen) atoms. The van der Waals surface area contributed by atoms with Crippen LogP contribution in [0.25, 0.3) is 0 Å². The van der Waals surface area contributed by atoms with Gasteiger partial charge in [-0.05, 0) is 24.1 Å². The van der Waals surface area contributed by atoms with Crippen LogP contribution in [0.4, 0.5) is 10.1 Å². The summed E-state index contributed by atoms with van der Waals surface area (Å²) < 4.78 is 65.2. The van der Waals surface area contributed by atoms with Crippen LogP contribution in [0.1, 0.15) is 12.0 Å². The fourth-order valence-electron chi connectivity index (χ4n) is 2.70. The van der Waals surface area contributed by atoms with Crippen LogP contribution < -0.4 is 14.9 Å². The van der Waals surface area contributed by atoms with E-state index in [1.54, 1.807) is 12.1 Å². The zero-order chi connectivity index (χ0) is 20.1. The molecule has 0 aliphatic carbocycles. The molecule has 2 rings (SSSR count). The van der Waals surface area contributed by atoms with E-state index in [0.29, 0.717) is 11.3 Å². The van der Waals surface area contributed by atoms with Gasteiger partial charge >= 0.3 is 0 Å². The van der Waals surface area contributed by atoms with Gasteiger partial charge in [0, 0.05) is 46.8 Å². The molecule has 0 unspecified atom stereocenters. The smallest absolute Gasteiger partial charge is 0.213 e. The van der Waals surface area contributed by atoms with E-state index < -0.39 is 20.0 Å². The van der Waals surface area contributed by atoms with Crippen molar-refractivity contribution in [3.8, 4) is 0 Å². The van der Waals surface area contributed by atoms with Gasteiger partial charge in [0.15, 0.2) is 0 Å². The molecule has 0 bridgehead atoms. The highest BCUT2D eigenvalue weighted by atomic mass is 32.2. The molecule has 0 amide bonds. The van der Waals surface area contributed by atoms with Gasteiger partial charge in [-0.15, -0.1) is 0 Å². The number of hydrogen-bond acceptors (Lipinski definition) is 6. The van der Waals surface area contributed by atoms with E-state index in [1.807, 2.05) is 4.90 Å². The lowest BCUT2D eigenvalue weighted by Crippen LogP contribution is -2.43. The molecule has 0 radical (unpaired) electrons. The molecule has 1 saturated heterocycles. The van der Waals surface area contributed by atoms with Crippen molar-refractivity contribution in [1.82, 2.24) is 14.3 Å². The number of halogens is 1. The summed E-state index contributed by atoms with van der Waals surface area (Å²) >= 11 is 0. The van der Waals surface area contributed by atoms with Crippen LogP contribution in [0.5, 0.6) is 0 Å². The number of rotatable bonds is 9. The second-order valence-corrected chi connectivity index (χ2v) is 10.8. The minimum atomic E-state index is -3.65. The number of benzene rings is 1. The Hall–Kier alpha value is -1.27. The van der Waals surface area contributed by atoms with E-state index in [9.17, 15) is 21.2 Å². The van der Waals surface area contributed by atoms with Gasteiger partial charge in [0.2, 0.25) is 20.0 Å².